The first-order chi connectivity index (χ1) is 18.1. The van der Waals surface area contributed by atoms with E-state index in [1.54, 1.807) is 30.7 Å². The van der Waals surface area contributed by atoms with Crippen molar-refractivity contribution >= 4 is 34.1 Å². The zero-order valence-corrected chi connectivity index (χ0v) is 21.0. The summed E-state index contributed by atoms with van der Waals surface area (Å²) in [6.45, 7) is 3.10. The number of aromatic nitrogens is 3. The number of anilines is 3. The lowest BCUT2D eigenvalue weighted by molar-refractivity contribution is 0.102. The number of methoxy groups -OCH3 is 3. The number of carbonyl (C=O) groups is 1. The summed E-state index contributed by atoms with van der Waals surface area (Å²) >= 11 is 0. The number of rotatable bonds is 7. The van der Waals surface area contributed by atoms with E-state index in [-0.39, 0.29) is 5.91 Å². The molecule has 1 aliphatic rings. The zero-order valence-electron chi connectivity index (χ0n) is 21.0. The van der Waals surface area contributed by atoms with Crippen LogP contribution in [0.2, 0.25) is 0 Å². The van der Waals surface area contributed by atoms with Crippen LogP contribution in [0, 0.1) is 0 Å². The second kappa shape index (κ2) is 10.6. The predicted octanol–water partition coefficient (Wildman–Crippen LogP) is 3.63. The summed E-state index contributed by atoms with van der Waals surface area (Å²) in [5.41, 5.74) is 0.997. The minimum absolute atomic E-state index is 0.282. The van der Waals surface area contributed by atoms with Gasteiger partial charge in [-0.3, -0.25) is 4.79 Å². The summed E-state index contributed by atoms with van der Waals surface area (Å²) in [5.74, 6) is 2.67. The summed E-state index contributed by atoms with van der Waals surface area (Å²) in [4.78, 5) is 31.2. The quantitative estimate of drug-likeness (QED) is 0.408. The van der Waals surface area contributed by atoms with Crippen LogP contribution in [0.3, 0.4) is 0 Å². The highest BCUT2D eigenvalue weighted by Crippen LogP contribution is 2.40. The molecule has 2 aromatic heterocycles. The smallest absolute Gasteiger partial charge is 0.257 e. The molecule has 37 heavy (non-hydrogen) atoms. The Morgan fingerprint density at radius 2 is 1.43 bits per heavy atom. The highest BCUT2D eigenvalue weighted by Gasteiger charge is 2.23. The average Bonchev–Trinajstić information content (AvgIpc) is 2.96. The van der Waals surface area contributed by atoms with Crippen molar-refractivity contribution in [2.75, 3.05) is 62.6 Å². The Morgan fingerprint density at radius 3 is 2.05 bits per heavy atom. The highest BCUT2D eigenvalue weighted by atomic mass is 16.5. The lowest BCUT2D eigenvalue weighted by Gasteiger charge is -2.35. The Balaban J connectivity index is 1.40. The number of carbonyl (C=O) groups excluding carboxylic acids is 1. The molecule has 0 radical (unpaired) electrons. The van der Waals surface area contributed by atoms with Crippen LogP contribution in [0.1, 0.15) is 10.4 Å². The van der Waals surface area contributed by atoms with E-state index in [4.69, 9.17) is 19.2 Å². The van der Waals surface area contributed by atoms with Crippen LogP contribution < -0.4 is 29.3 Å². The van der Waals surface area contributed by atoms with Crippen LogP contribution in [0.4, 0.5) is 17.5 Å². The number of ether oxygens (including phenoxy) is 3. The number of fused-ring (bicyclic) bond motifs is 1. The SMILES string of the molecule is COc1cc(NC(=O)c2cnc(N3CCN(c4ncccn4)CC3)c3ccccc23)cc(OC)c1OC. The van der Waals surface area contributed by atoms with Gasteiger partial charge in [0, 0.05) is 68.0 Å². The van der Waals surface area contributed by atoms with Crippen LogP contribution in [0.5, 0.6) is 17.2 Å². The van der Waals surface area contributed by atoms with Gasteiger partial charge in [-0.05, 0) is 11.5 Å². The summed E-state index contributed by atoms with van der Waals surface area (Å²) in [5, 5.41) is 4.69. The normalized spacial score (nSPS) is 13.4. The number of amides is 1. The molecule has 0 saturated carbocycles. The topological polar surface area (TPSA) is 102 Å². The maximum atomic E-state index is 13.4. The summed E-state index contributed by atoms with van der Waals surface area (Å²) < 4.78 is 16.2. The zero-order chi connectivity index (χ0) is 25.8. The van der Waals surface area contributed by atoms with Crippen molar-refractivity contribution in [1.82, 2.24) is 15.0 Å². The molecule has 10 heteroatoms. The fourth-order valence-corrected chi connectivity index (χ4v) is 4.54. The first-order valence-corrected chi connectivity index (χ1v) is 11.9. The first-order valence-electron chi connectivity index (χ1n) is 11.9. The number of hydrogen-bond acceptors (Lipinski definition) is 9. The highest BCUT2D eigenvalue weighted by molar-refractivity contribution is 6.14. The number of benzene rings is 2. The second-order valence-electron chi connectivity index (χ2n) is 8.43. The predicted molar refractivity (Wildman–Crippen MR) is 142 cm³/mol. The Morgan fingerprint density at radius 1 is 0.811 bits per heavy atom. The molecule has 0 spiro atoms. The summed E-state index contributed by atoms with van der Waals surface area (Å²) in [6, 6.07) is 13.0. The van der Waals surface area contributed by atoms with Crippen LogP contribution in [0.25, 0.3) is 10.8 Å². The molecule has 0 unspecified atom stereocenters. The lowest BCUT2D eigenvalue weighted by atomic mass is 10.1. The van der Waals surface area contributed by atoms with Gasteiger partial charge in [0.05, 0.1) is 26.9 Å². The molecule has 0 atom stereocenters. The van der Waals surface area contributed by atoms with Gasteiger partial charge < -0.3 is 29.3 Å². The molecule has 5 rings (SSSR count). The fourth-order valence-electron chi connectivity index (χ4n) is 4.54. The molecule has 4 aromatic rings. The van der Waals surface area contributed by atoms with Gasteiger partial charge in [0.2, 0.25) is 11.7 Å². The molecule has 1 aliphatic heterocycles. The third-order valence-electron chi connectivity index (χ3n) is 6.36. The van der Waals surface area contributed by atoms with E-state index in [9.17, 15) is 4.79 Å². The second-order valence-corrected chi connectivity index (χ2v) is 8.43. The van der Waals surface area contributed by atoms with Gasteiger partial charge in [-0.2, -0.15) is 0 Å². The van der Waals surface area contributed by atoms with Crippen molar-refractivity contribution in [1.29, 1.82) is 0 Å². The van der Waals surface area contributed by atoms with E-state index in [0.717, 1.165) is 48.7 Å². The van der Waals surface area contributed by atoms with E-state index < -0.39 is 0 Å². The van der Waals surface area contributed by atoms with Crippen molar-refractivity contribution < 1.29 is 19.0 Å². The van der Waals surface area contributed by atoms with Gasteiger partial charge in [-0.15, -0.1) is 0 Å². The van der Waals surface area contributed by atoms with Gasteiger partial charge in [-0.1, -0.05) is 24.3 Å². The molecule has 1 fully saturated rings. The van der Waals surface area contributed by atoms with Crippen molar-refractivity contribution in [2.45, 2.75) is 0 Å². The number of nitrogens with zero attached hydrogens (tertiary/aromatic N) is 5. The molecule has 0 bridgehead atoms. The van der Waals surface area contributed by atoms with E-state index in [1.807, 2.05) is 30.3 Å². The van der Waals surface area contributed by atoms with Gasteiger partial charge in [0.1, 0.15) is 5.82 Å². The van der Waals surface area contributed by atoms with Crippen molar-refractivity contribution in [2.24, 2.45) is 0 Å². The van der Waals surface area contributed by atoms with E-state index >= 15 is 0 Å². The first kappa shape index (κ1) is 24.1. The third kappa shape index (κ3) is 4.77. The Bertz CT molecular complexity index is 1380. The molecule has 190 valence electrons. The van der Waals surface area contributed by atoms with Crippen LogP contribution in [-0.2, 0) is 0 Å². The molecule has 3 heterocycles. The minimum Gasteiger partial charge on any atom is -0.493 e. The summed E-state index contributed by atoms with van der Waals surface area (Å²) in [6.07, 6.45) is 5.15. The largest absolute Gasteiger partial charge is 0.493 e. The van der Waals surface area contributed by atoms with Gasteiger partial charge in [-0.25, -0.2) is 15.0 Å². The van der Waals surface area contributed by atoms with Gasteiger partial charge in [0.25, 0.3) is 5.91 Å². The average molecular weight is 501 g/mol. The summed E-state index contributed by atoms with van der Waals surface area (Å²) in [7, 11) is 4.60. The van der Waals surface area contributed by atoms with Crippen molar-refractivity contribution in [3.63, 3.8) is 0 Å². The van der Waals surface area contributed by atoms with Crippen LogP contribution >= 0.6 is 0 Å². The van der Waals surface area contributed by atoms with E-state index in [2.05, 4.69) is 25.1 Å². The number of piperazine rings is 1. The standard InChI is InChI=1S/C27H28N6O4/c1-35-22-15-18(16-23(36-2)24(22)37-3)31-26(34)21-17-30-25(20-8-5-4-7-19(20)21)32-11-13-33(14-12-32)27-28-9-6-10-29-27/h4-10,15-17H,11-14H2,1-3H3,(H,31,34). The molecule has 2 aromatic carbocycles. The monoisotopic (exact) mass is 500 g/mol. The molecular formula is C27H28N6O4. The van der Waals surface area contributed by atoms with Crippen LogP contribution in [-0.4, -0.2) is 68.4 Å². The van der Waals surface area contributed by atoms with Gasteiger partial charge in [0.15, 0.2) is 11.5 Å². The number of pyridine rings is 1. The molecule has 1 saturated heterocycles. The number of nitrogens with one attached hydrogen (secondary N) is 1. The van der Waals surface area contributed by atoms with E-state index in [0.29, 0.717) is 28.5 Å². The minimum atomic E-state index is -0.282. The number of hydrogen-bond donors (Lipinski definition) is 1. The molecule has 1 N–H and O–H groups in total. The Labute approximate surface area is 214 Å². The van der Waals surface area contributed by atoms with Crippen molar-refractivity contribution in [3.8, 4) is 17.2 Å². The third-order valence-corrected chi connectivity index (χ3v) is 6.36. The van der Waals surface area contributed by atoms with Crippen LogP contribution in [0.15, 0.2) is 61.1 Å². The van der Waals surface area contributed by atoms with Gasteiger partial charge >= 0.3 is 0 Å². The maximum absolute atomic E-state index is 13.4. The maximum Gasteiger partial charge on any atom is 0.257 e. The Kier molecular flexibility index (Phi) is 6.89. The lowest BCUT2D eigenvalue weighted by Crippen LogP contribution is -2.47. The molecule has 10 nitrogen and oxygen atoms in total. The molecule has 0 aliphatic carbocycles. The van der Waals surface area contributed by atoms with Crippen molar-refractivity contribution in [3.05, 3.63) is 66.6 Å². The Hall–Kier alpha value is -4.60. The fraction of sp³-hybridized carbons (Fsp3) is 0.259. The molecular weight excluding hydrogens is 472 g/mol. The molecule has 1 amide bonds. The van der Waals surface area contributed by atoms with E-state index in [1.165, 1.54) is 21.3 Å².